The summed E-state index contributed by atoms with van der Waals surface area (Å²) in [6, 6.07) is 26.7. The number of amides is 4. The van der Waals surface area contributed by atoms with Crippen LogP contribution in [0.1, 0.15) is 27.9 Å². The first-order valence-electron chi connectivity index (χ1n) is 16.6. The van der Waals surface area contributed by atoms with Crippen LogP contribution in [-0.2, 0) is 11.3 Å². The minimum absolute atomic E-state index is 0.188. The maximum absolute atomic E-state index is 13.2. The summed E-state index contributed by atoms with van der Waals surface area (Å²) < 4.78 is 0. The van der Waals surface area contributed by atoms with Crippen molar-refractivity contribution >= 4 is 46.5 Å². The molecule has 2 aromatic heterocycles. The molecule has 0 unspecified atom stereocenters. The van der Waals surface area contributed by atoms with Crippen molar-refractivity contribution in [2.24, 2.45) is 0 Å². The van der Waals surface area contributed by atoms with E-state index in [0.29, 0.717) is 30.2 Å². The summed E-state index contributed by atoms with van der Waals surface area (Å²) in [5.74, 6) is 0.0290. The van der Waals surface area contributed by atoms with Crippen LogP contribution in [0.2, 0.25) is 0 Å². The zero-order chi connectivity index (χ0) is 34.5. The number of hydrogen-bond donors (Lipinski definition) is 3. The van der Waals surface area contributed by atoms with Gasteiger partial charge < -0.3 is 15.5 Å². The van der Waals surface area contributed by atoms with Crippen LogP contribution in [0.25, 0.3) is 11.3 Å². The number of rotatable bonds is 9. The molecule has 0 radical (unpaired) electrons. The fraction of sp³-hybridized carbons (Fsp3) is 0.211. The number of aromatic nitrogens is 3. The summed E-state index contributed by atoms with van der Waals surface area (Å²) in [7, 11) is 0. The Morgan fingerprint density at radius 3 is 2.38 bits per heavy atom. The summed E-state index contributed by atoms with van der Waals surface area (Å²) in [6.45, 7) is 6.76. The molecule has 12 heteroatoms. The van der Waals surface area contributed by atoms with Crippen LogP contribution in [0.4, 0.5) is 33.5 Å². The first-order chi connectivity index (χ1) is 24.4. The van der Waals surface area contributed by atoms with Crippen molar-refractivity contribution in [3.8, 4) is 11.3 Å². The van der Waals surface area contributed by atoms with Gasteiger partial charge in [0.15, 0.2) is 0 Å². The summed E-state index contributed by atoms with van der Waals surface area (Å²) >= 11 is 0. The van der Waals surface area contributed by atoms with E-state index in [-0.39, 0.29) is 17.8 Å². The minimum Gasteiger partial charge on any atom is -0.369 e. The first kappa shape index (κ1) is 32.4. The monoisotopic (exact) mass is 667 g/mol. The second-order valence-electron chi connectivity index (χ2n) is 12.3. The maximum atomic E-state index is 13.2. The lowest BCUT2D eigenvalue weighted by atomic mass is 10.1. The van der Waals surface area contributed by atoms with Gasteiger partial charge >= 0.3 is 6.03 Å². The van der Waals surface area contributed by atoms with Crippen LogP contribution in [0.3, 0.4) is 0 Å². The summed E-state index contributed by atoms with van der Waals surface area (Å²) in [5.41, 5.74) is 7.72. The average Bonchev–Trinajstić information content (AvgIpc) is 3.14. The van der Waals surface area contributed by atoms with E-state index in [2.05, 4.69) is 40.7 Å². The lowest BCUT2D eigenvalue weighted by Crippen LogP contribution is -2.49. The Balaban J connectivity index is 0.911. The number of carbonyl (C=O) groups excluding carboxylic acids is 3. The molecular formula is C38H37N9O3. The number of hydrogen-bond acceptors (Lipinski definition) is 9. The molecule has 2 saturated heterocycles. The lowest BCUT2D eigenvalue weighted by molar-refractivity contribution is -0.120. The molecule has 5 aromatic rings. The van der Waals surface area contributed by atoms with Crippen molar-refractivity contribution in [3.05, 3.63) is 120 Å². The molecule has 2 aliphatic heterocycles. The third-order valence-corrected chi connectivity index (χ3v) is 8.93. The predicted molar refractivity (Wildman–Crippen MR) is 194 cm³/mol. The quantitative estimate of drug-likeness (QED) is 0.183. The average molecular weight is 668 g/mol. The molecule has 2 fully saturated rings. The largest absolute Gasteiger partial charge is 0.369 e. The highest BCUT2D eigenvalue weighted by molar-refractivity contribution is 6.06. The highest BCUT2D eigenvalue weighted by Crippen LogP contribution is 2.26. The van der Waals surface area contributed by atoms with Gasteiger partial charge in [0.05, 0.1) is 5.69 Å². The lowest BCUT2D eigenvalue weighted by Gasteiger charge is -2.36. The standard InChI is InChI=1S/C38H37N9O3/c1-26-4-9-30(23-34(26)43-37-40-17-14-33(42-37)29-3-2-16-39-24-29)41-36(49)28-7-12-31(13-8-28)46-21-19-45(20-22-46)25-27-5-10-32(11-6-27)47-18-15-35(48)44-38(47)50/h2-14,16-17,23-24H,15,18-22,25H2,1H3,(H,41,49)(H,40,42,43)(H,44,48,50). The van der Waals surface area contributed by atoms with E-state index in [1.165, 1.54) is 5.56 Å². The molecule has 3 N–H and O–H groups in total. The zero-order valence-corrected chi connectivity index (χ0v) is 27.7. The molecule has 252 valence electrons. The number of nitrogens with zero attached hydrogens (tertiary/aromatic N) is 6. The molecule has 3 aromatic carbocycles. The van der Waals surface area contributed by atoms with Gasteiger partial charge in [-0.1, -0.05) is 18.2 Å². The van der Waals surface area contributed by atoms with Crippen LogP contribution >= 0.6 is 0 Å². The van der Waals surface area contributed by atoms with Gasteiger partial charge in [-0.2, -0.15) is 0 Å². The van der Waals surface area contributed by atoms with Crippen molar-refractivity contribution < 1.29 is 14.4 Å². The van der Waals surface area contributed by atoms with Crippen LogP contribution in [-0.4, -0.2) is 70.4 Å². The molecule has 50 heavy (non-hydrogen) atoms. The fourth-order valence-corrected chi connectivity index (χ4v) is 6.09. The molecule has 0 aliphatic carbocycles. The summed E-state index contributed by atoms with van der Waals surface area (Å²) in [6.07, 6.45) is 5.49. The predicted octanol–water partition coefficient (Wildman–Crippen LogP) is 5.61. The van der Waals surface area contributed by atoms with Gasteiger partial charge in [0.2, 0.25) is 11.9 Å². The van der Waals surface area contributed by atoms with Crippen LogP contribution in [0.5, 0.6) is 0 Å². The van der Waals surface area contributed by atoms with Gasteiger partial charge in [-0.05, 0) is 84.8 Å². The van der Waals surface area contributed by atoms with Crippen molar-refractivity contribution in [1.29, 1.82) is 0 Å². The molecule has 12 nitrogen and oxygen atoms in total. The molecule has 7 rings (SSSR count). The van der Waals surface area contributed by atoms with Gasteiger partial charge in [0.25, 0.3) is 5.91 Å². The number of carbonyl (C=O) groups is 3. The van der Waals surface area contributed by atoms with E-state index >= 15 is 0 Å². The second-order valence-corrected chi connectivity index (χ2v) is 12.3. The molecule has 0 bridgehead atoms. The normalized spacial score (nSPS) is 15.1. The van der Waals surface area contributed by atoms with E-state index in [9.17, 15) is 14.4 Å². The van der Waals surface area contributed by atoms with Crippen molar-refractivity contribution in [2.45, 2.75) is 19.9 Å². The van der Waals surface area contributed by atoms with Gasteiger partial charge in [-0.25, -0.2) is 14.8 Å². The minimum atomic E-state index is -0.372. The number of anilines is 5. The molecular weight excluding hydrogens is 630 g/mol. The molecule has 0 atom stereocenters. The van der Waals surface area contributed by atoms with Crippen LogP contribution < -0.4 is 25.8 Å². The highest BCUT2D eigenvalue weighted by atomic mass is 16.2. The number of benzene rings is 3. The molecule has 2 aliphatic rings. The summed E-state index contributed by atoms with van der Waals surface area (Å²) in [4.78, 5) is 56.3. The SMILES string of the molecule is Cc1ccc(NC(=O)c2ccc(N3CCN(Cc4ccc(N5CCC(=O)NC5=O)cc4)CC3)cc2)cc1Nc1nccc(-c2cccnc2)n1. The number of nitrogens with one attached hydrogen (secondary N) is 3. The number of imide groups is 1. The van der Waals surface area contributed by atoms with E-state index in [1.807, 2.05) is 91.9 Å². The maximum Gasteiger partial charge on any atom is 0.328 e. The Morgan fingerprint density at radius 1 is 0.860 bits per heavy atom. The van der Waals surface area contributed by atoms with Crippen molar-refractivity contribution in [1.82, 2.24) is 25.2 Å². The summed E-state index contributed by atoms with van der Waals surface area (Å²) in [5, 5.41) is 8.67. The van der Waals surface area contributed by atoms with Gasteiger partial charge in [-0.3, -0.25) is 29.7 Å². The Bertz CT molecular complexity index is 2000. The van der Waals surface area contributed by atoms with Crippen molar-refractivity contribution in [2.75, 3.05) is 53.2 Å². The molecule has 4 heterocycles. The second kappa shape index (κ2) is 14.5. The number of pyridine rings is 1. The van der Waals surface area contributed by atoms with E-state index in [4.69, 9.17) is 0 Å². The molecule has 4 amide bonds. The Kier molecular flexibility index (Phi) is 9.43. The fourth-order valence-electron chi connectivity index (χ4n) is 6.09. The van der Waals surface area contributed by atoms with Crippen LogP contribution in [0, 0.1) is 6.92 Å². The topological polar surface area (TPSA) is 136 Å². The first-order valence-corrected chi connectivity index (χ1v) is 16.6. The highest BCUT2D eigenvalue weighted by Gasteiger charge is 2.24. The van der Waals surface area contributed by atoms with E-state index < -0.39 is 0 Å². The van der Waals surface area contributed by atoms with Crippen molar-refractivity contribution in [3.63, 3.8) is 0 Å². The number of urea groups is 1. The molecule has 0 spiro atoms. The van der Waals surface area contributed by atoms with Gasteiger partial charge in [-0.15, -0.1) is 0 Å². The smallest absolute Gasteiger partial charge is 0.328 e. The Hall–Kier alpha value is -6.14. The third kappa shape index (κ3) is 7.61. The Morgan fingerprint density at radius 2 is 1.64 bits per heavy atom. The van der Waals surface area contributed by atoms with Crippen LogP contribution in [0.15, 0.2) is 104 Å². The van der Waals surface area contributed by atoms with E-state index in [1.54, 1.807) is 23.5 Å². The number of piperazine rings is 1. The zero-order valence-electron chi connectivity index (χ0n) is 27.7. The Labute approximate surface area is 290 Å². The van der Waals surface area contributed by atoms with E-state index in [0.717, 1.165) is 66.6 Å². The van der Waals surface area contributed by atoms with Gasteiger partial charge in [0, 0.05) is 98.2 Å². The molecule has 0 saturated carbocycles. The number of aryl methyl sites for hydroxylation is 1. The van der Waals surface area contributed by atoms with Gasteiger partial charge in [0.1, 0.15) is 0 Å². The third-order valence-electron chi connectivity index (χ3n) is 8.93.